The predicted octanol–water partition coefficient (Wildman–Crippen LogP) is 6.73. The zero-order valence-electron chi connectivity index (χ0n) is 66.9. The van der Waals surface area contributed by atoms with Crippen molar-refractivity contribution in [3.63, 3.8) is 0 Å². The third-order valence-electron chi connectivity index (χ3n) is 24.4. The Hall–Kier alpha value is -13.0. The van der Waals surface area contributed by atoms with Crippen LogP contribution in [0.3, 0.4) is 0 Å². The third-order valence-corrected chi connectivity index (χ3v) is 24.4. The fraction of sp³-hybridized carbons (Fsp3) is 0.365. The summed E-state index contributed by atoms with van der Waals surface area (Å²) < 4.78 is 42.0. The number of anilines is 8. The molecule has 122 heavy (non-hydrogen) atoms. The number of pyridine rings is 4. The Bertz CT molecular complexity index is 6270. The number of aryl methyl sites for hydroxylation is 1. The quantitative estimate of drug-likeness (QED) is 0.0527. The van der Waals surface area contributed by atoms with Crippen molar-refractivity contribution in [3.05, 3.63) is 213 Å². The zero-order valence-corrected chi connectivity index (χ0v) is 66.9. The van der Waals surface area contributed by atoms with Crippen molar-refractivity contribution in [2.75, 3.05) is 123 Å². The van der Waals surface area contributed by atoms with Gasteiger partial charge in [-0.1, -0.05) is 30.3 Å². The van der Waals surface area contributed by atoms with Gasteiger partial charge in [0.05, 0.1) is 154 Å². The van der Waals surface area contributed by atoms with E-state index in [0.717, 1.165) is 230 Å². The molecule has 4 saturated heterocycles. The van der Waals surface area contributed by atoms with Gasteiger partial charge in [0.25, 0.3) is 23.6 Å². The van der Waals surface area contributed by atoms with Crippen molar-refractivity contribution in [1.29, 1.82) is 0 Å². The number of nitrogens with one attached hydrogen (secondary N) is 4. The molecule has 12 N–H and O–H groups in total. The topological polar surface area (TPSA) is 443 Å². The fourth-order valence-electron chi connectivity index (χ4n) is 17.0. The first-order chi connectivity index (χ1) is 59.5. The largest absolute Gasteiger partial charge is 0.381 e. The molecule has 0 bridgehead atoms. The number of hydrogen-bond acceptors (Lipinski definition) is 28. The number of nitrogen functional groups attached to an aromatic ring is 4. The van der Waals surface area contributed by atoms with Crippen LogP contribution in [0.25, 0.3) is 33.7 Å². The summed E-state index contributed by atoms with van der Waals surface area (Å²) in [6, 6.07) is 17.4. The summed E-state index contributed by atoms with van der Waals surface area (Å²) in [6.07, 6.45) is 27.8. The molecule has 23 rings (SSSR count). The SMILES string of the molecule is Cc1ccncc1NC(=O)c1c(N)nn2cc3c(nc12)CCN(C1COC1)C3.Nc1nn2cc3c(nc2c1C(=O)Nc1cncc(F)c1C1CC1)CCN(C1COC1)C3.Nc1nn2cc3c(nc2c1C(=O)Nc1cnccc1-c1ccccc1)CCN(C1COC1)C3.Nc1nn2cc3c(nc2c1C(=O)Nc1cnccc1C1CC1)CCN(C1COC1)C3. The molecule has 0 unspecified atom stereocenters. The number of carbonyl (C=O) groups excluding carboxylic acids is 4. The van der Waals surface area contributed by atoms with E-state index in [-0.39, 0.29) is 58.0 Å². The van der Waals surface area contributed by atoms with Gasteiger partial charge in [0, 0.05) is 155 Å². The van der Waals surface area contributed by atoms with E-state index >= 15 is 0 Å². The molecule has 1 aromatic carbocycles. The van der Waals surface area contributed by atoms with Crippen LogP contribution in [0.15, 0.2) is 123 Å². The molecule has 8 aliphatic heterocycles. The molecule has 0 atom stereocenters. The molecular weight excluding hydrogens is 1560 g/mol. The van der Waals surface area contributed by atoms with Gasteiger partial charge in [-0.25, -0.2) is 42.4 Å². The molecule has 13 aromatic rings. The van der Waals surface area contributed by atoms with E-state index in [2.05, 4.69) is 81.2 Å². The third kappa shape index (κ3) is 15.3. The van der Waals surface area contributed by atoms with Crippen LogP contribution in [-0.4, -0.2) is 225 Å². The summed E-state index contributed by atoms with van der Waals surface area (Å²) in [5, 5.41) is 29.0. The number of nitrogens with zero attached hydrogens (tertiary/aromatic N) is 20. The second-order valence-electron chi connectivity index (χ2n) is 32.5. The highest BCUT2D eigenvalue weighted by molar-refractivity contribution is 6.14. The molecule has 36 nitrogen and oxygen atoms in total. The Kier molecular flexibility index (Phi) is 20.7. The number of carbonyl (C=O) groups is 4. The van der Waals surface area contributed by atoms with Crippen LogP contribution in [0.4, 0.5) is 50.4 Å². The number of aromatic nitrogens is 16. The Morgan fingerprint density at radius 3 is 1.12 bits per heavy atom. The minimum atomic E-state index is -0.460. The number of ether oxygens (including phenoxy) is 4. The van der Waals surface area contributed by atoms with Crippen LogP contribution in [0, 0.1) is 12.7 Å². The lowest BCUT2D eigenvalue weighted by atomic mass is 10.0. The Morgan fingerprint density at radius 1 is 0.402 bits per heavy atom. The number of benzene rings is 1. The van der Waals surface area contributed by atoms with E-state index in [1.165, 1.54) is 12.4 Å². The minimum absolute atomic E-state index is 0.0916. The molecule has 624 valence electrons. The van der Waals surface area contributed by atoms with Gasteiger partial charge in [0.1, 0.15) is 28.1 Å². The maximum absolute atomic E-state index is 14.3. The Balaban J connectivity index is 0.000000104. The molecule has 37 heteroatoms. The van der Waals surface area contributed by atoms with Gasteiger partial charge in [-0.3, -0.25) is 58.7 Å². The van der Waals surface area contributed by atoms with Gasteiger partial charge in [0.15, 0.2) is 45.9 Å². The number of halogens is 1. The zero-order chi connectivity index (χ0) is 83.0. The smallest absolute Gasteiger partial charge is 0.263 e. The minimum Gasteiger partial charge on any atom is -0.381 e. The highest BCUT2D eigenvalue weighted by atomic mass is 19.1. The fourth-order valence-corrected chi connectivity index (χ4v) is 17.0. The average molecular weight is 1650 g/mol. The van der Waals surface area contributed by atoms with Gasteiger partial charge < -0.3 is 63.1 Å². The summed E-state index contributed by atoms with van der Waals surface area (Å²) in [5.41, 5.74) is 42.6. The number of amides is 4. The van der Waals surface area contributed by atoms with Crippen molar-refractivity contribution < 1.29 is 42.5 Å². The van der Waals surface area contributed by atoms with Crippen molar-refractivity contribution in [2.45, 2.75) is 120 Å². The predicted molar refractivity (Wildman–Crippen MR) is 447 cm³/mol. The molecule has 2 aliphatic carbocycles. The number of nitrogens with two attached hydrogens (primary N) is 4. The summed E-state index contributed by atoms with van der Waals surface area (Å²) in [6.45, 7) is 15.0. The molecule has 0 spiro atoms. The molecule has 20 heterocycles. The second-order valence-corrected chi connectivity index (χ2v) is 32.5. The number of hydrogen-bond donors (Lipinski definition) is 8. The lowest BCUT2D eigenvalue weighted by Gasteiger charge is -2.39. The number of rotatable bonds is 15. The van der Waals surface area contributed by atoms with Crippen molar-refractivity contribution in [3.8, 4) is 11.1 Å². The van der Waals surface area contributed by atoms with Crippen molar-refractivity contribution in [2.24, 2.45) is 0 Å². The van der Waals surface area contributed by atoms with Crippen molar-refractivity contribution in [1.82, 2.24) is 97.9 Å². The van der Waals surface area contributed by atoms with Crippen LogP contribution in [0.2, 0.25) is 0 Å². The molecular formula is C85H89FN28O8. The lowest BCUT2D eigenvalue weighted by molar-refractivity contribution is -0.0697. The normalized spacial score (nSPS) is 18.1. The van der Waals surface area contributed by atoms with Gasteiger partial charge in [0.2, 0.25) is 0 Å². The Morgan fingerprint density at radius 2 is 0.746 bits per heavy atom. The van der Waals surface area contributed by atoms with Gasteiger partial charge in [-0.2, -0.15) is 0 Å². The first kappa shape index (κ1) is 77.6. The average Bonchev–Trinajstić information content (AvgIpc) is 1.59. The maximum Gasteiger partial charge on any atom is 0.263 e. The maximum atomic E-state index is 14.3. The van der Waals surface area contributed by atoms with Crippen LogP contribution < -0.4 is 44.2 Å². The second kappa shape index (κ2) is 32.5. The monoisotopic (exact) mass is 1650 g/mol. The molecule has 6 fully saturated rings. The Labute approximate surface area is 696 Å². The van der Waals surface area contributed by atoms with Gasteiger partial charge >= 0.3 is 0 Å². The van der Waals surface area contributed by atoms with Crippen molar-refractivity contribution >= 4 is 92.2 Å². The molecule has 12 aromatic heterocycles. The van der Waals surface area contributed by atoms with E-state index in [1.54, 1.807) is 55.2 Å². The van der Waals surface area contributed by atoms with E-state index in [0.29, 0.717) is 86.4 Å². The van der Waals surface area contributed by atoms with Gasteiger partial charge in [-0.15, -0.1) is 20.4 Å². The van der Waals surface area contributed by atoms with Gasteiger partial charge in [-0.05, 0) is 79.3 Å². The summed E-state index contributed by atoms with van der Waals surface area (Å²) in [4.78, 5) is 97.4. The molecule has 2 saturated carbocycles. The first-order valence-electron chi connectivity index (χ1n) is 41.2. The molecule has 0 radical (unpaired) electrons. The summed E-state index contributed by atoms with van der Waals surface area (Å²) in [5.74, 6) is -0.641. The van der Waals surface area contributed by atoms with Crippen LogP contribution in [0.5, 0.6) is 0 Å². The first-order valence-corrected chi connectivity index (χ1v) is 41.2. The molecule has 4 amide bonds. The number of fused-ring (bicyclic) bond motifs is 8. The van der Waals surface area contributed by atoms with Crippen LogP contribution in [-0.2, 0) is 70.8 Å². The van der Waals surface area contributed by atoms with Crippen LogP contribution >= 0.6 is 0 Å². The van der Waals surface area contributed by atoms with E-state index in [9.17, 15) is 23.6 Å². The van der Waals surface area contributed by atoms with Crippen LogP contribution in [0.1, 0.15) is 141 Å². The summed E-state index contributed by atoms with van der Waals surface area (Å²) >= 11 is 0. The standard InChI is InChI=1S/C24H23N7O2.C21H22FN7O2.C21H23N7O2.C19H21N7O2/c25-22-21(24(32)28-20-10-26-8-6-18(20)15-4-2-1-3-5-15)23-27-19-7-9-30(17-13-33-14-17)11-16(19)12-31(23)29-22;22-14-5-24-6-16(17(14)11-1-2-11)26-21(30)18-19(23)27-29-8-12-7-28(13-9-31-10-13)4-3-15(12)25-20(18)29;22-19-18(21(29)25-17-7-23-5-3-15(17)12-1-2-12)20-24-16-4-6-27(14-10-30-11-14)8-13(16)9-28(20)26-19;1-11-2-4-21-6-15(11)23-19(27)16-17(20)24-26-8-12-7-25(13-9-28-10-13)5-3-14(12)22-18(16)26/h1-6,8,10,12,17H,7,9,11,13-14H2,(H2,25,29)(H,28,32);5-6,8,11,13H,1-4,7,9-10H2,(H2,23,27)(H,26,30);3,5,7,9,12,14H,1-2,4,6,8,10-11H2,(H2,22,26)(H,25,29);2,4,6,8,13H,3,5,7,9-10H2,1H3,(H2,20,24)(H,23,27). The highest BCUT2D eigenvalue weighted by Gasteiger charge is 2.38. The molecule has 10 aliphatic rings. The highest BCUT2D eigenvalue weighted by Crippen LogP contribution is 2.46. The summed E-state index contributed by atoms with van der Waals surface area (Å²) in [7, 11) is 0. The lowest BCUT2D eigenvalue weighted by Crippen LogP contribution is -2.50. The van der Waals surface area contributed by atoms with E-state index in [1.807, 2.05) is 80.2 Å². The van der Waals surface area contributed by atoms with E-state index < -0.39 is 11.7 Å². The van der Waals surface area contributed by atoms with E-state index in [4.69, 9.17) is 61.8 Å².